The van der Waals surface area contributed by atoms with E-state index in [1.54, 1.807) is 0 Å². The highest BCUT2D eigenvalue weighted by Crippen LogP contribution is 2.71. The zero-order chi connectivity index (χ0) is 36.9. The molecule has 4 aliphatic heterocycles. The summed E-state index contributed by atoms with van der Waals surface area (Å²) in [5.74, 6) is 3.63. The van der Waals surface area contributed by atoms with Gasteiger partial charge in [0.1, 0.15) is 48.8 Å². The number of fused-ring (bicyclic) bond motifs is 7. The van der Waals surface area contributed by atoms with Gasteiger partial charge >= 0.3 is 0 Å². The fourth-order valence-electron chi connectivity index (χ4n) is 13.2. The molecule has 1 spiro atoms. The molecule has 4 saturated heterocycles. The van der Waals surface area contributed by atoms with Gasteiger partial charge in [-0.1, -0.05) is 27.7 Å². The van der Waals surface area contributed by atoms with Crippen LogP contribution in [0.1, 0.15) is 91.9 Å². The first-order chi connectivity index (χ1) is 24.7. The first kappa shape index (κ1) is 38.4. The Hall–Kier alpha value is -0.520. The van der Waals surface area contributed by atoms with Crippen LogP contribution in [0.2, 0.25) is 0 Å². The lowest BCUT2D eigenvalue weighted by Gasteiger charge is -2.61. The third-order valence-corrected chi connectivity index (χ3v) is 16.2. The van der Waals surface area contributed by atoms with Crippen LogP contribution in [0.15, 0.2) is 0 Å². The predicted octanol–water partition coefficient (Wildman–Crippen LogP) is 1.44. The second kappa shape index (κ2) is 14.1. The summed E-state index contributed by atoms with van der Waals surface area (Å²) in [5.41, 5.74) is 0.468. The van der Waals surface area contributed by atoms with Crippen LogP contribution >= 0.6 is 0 Å². The summed E-state index contributed by atoms with van der Waals surface area (Å²) in [7, 11) is 0. The average molecular weight is 741 g/mol. The Kier molecular flexibility index (Phi) is 10.4. The Labute approximate surface area is 307 Å². The van der Waals surface area contributed by atoms with E-state index in [0.717, 1.165) is 45.1 Å². The SMILES string of the molecule is CC1CC[C@@]2(OC1)O[C@H]1C[C@H]3[C@@H]4CC[C@H]5C[C@@H](O[C@@H]6O[C@H](CO)[C@H](O[C@@H]7O[C@H](CO)[C@H](O)[C@@H](O)[C@H]7O)[C@@H](O)[C@H]6O)CC[C@]5(C)[C@H]4CC[C@]3(C)C1[C@@H]2C. The van der Waals surface area contributed by atoms with Gasteiger partial charge in [-0.3, -0.25) is 0 Å². The Morgan fingerprint density at radius 1 is 0.673 bits per heavy atom. The van der Waals surface area contributed by atoms with E-state index in [4.69, 9.17) is 28.4 Å². The lowest BCUT2D eigenvalue weighted by Crippen LogP contribution is -2.65. The van der Waals surface area contributed by atoms with Gasteiger partial charge in [0.05, 0.1) is 32.0 Å². The topological polar surface area (TPSA) is 197 Å². The predicted molar refractivity (Wildman–Crippen MR) is 183 cm³/mol. The maximum Gasteiger partial charge on any atom is 0.187 e. The maximum atomic E-state index is 11.2. The van der Waals surface area contributed by atoms with Crippen molar-refractivity contribution in [2.24, 2.45) is 52.3 Å². The van der Waals surface area contributed by atoms with Crippen molar-refractivity contribution in [3.8, 4) is 0 Å². The second-order valence-corrected chi connectivity index (χ2v) is 18.7. The van der Waals surface area contributed by atoms with E-state index in [2.05, 4.69) is 27.7 Å². The molecule has 8 fully saturated rings. The van der Waals surface area contributed by atoms with Crippen LogP contribution in [0, 0.1) is 52.3 Å². The van der Waals surface area contributed by atoms with Gasteiger partial charge in [0.15, 0.2) is 18.4 Å². The first-order valence-electron chi connectivity index (χ1n) is 20.3. The standard InChI is InChI=1S/C39H64O13/c1-18-7-12-39(47-17-18)19(2)28-25(52-39)14-24-22-6-5-20-13-21(8-10-37(20,3)23(22)9-11-38(24,28)4)48-35-33(46)31(44)34(27(16-41)50-35)51-36-32(45)30(43)29(42)26(15-40)49-36/h18-36,40-46H,5-17H2,1-4H3/t18?,19-,20-,21-,22+,23-,24-,25-,26+,27+,28?,29-,30+,31-,32+,33+,34-,35+,36-,37-,38-,39+/m0/s1. The van der Waals surface area contributed by atoms with Crippen LogP contribution < -0.4 is 0 Å². The van der Waals surface area contributed by atoms with E-state index in [0.29, 0.717) is 41.4 Å². The van der Waals surface area contributed by atoms with E-state index in [9.17, 15) is 35.7 Å². The van der Waals surface area contributed by atoms with Gasteiger partial charge in [-0.25, -0.2) is 0 Å². The number of rotatable bonds is 6. The first-order valence-corrected chi connectivity index (χ1v) is 20.3. The van der Waals surface area contributed by atoms with E-state index in [-0.39, 0.29) is 23.0 Å². The highest BCUT2D eigenvalue weighted by Gasteiger charge is 2.69. The van der Waals surface area contributed by atoms with Crippen molar-refractivity contribution in [3.63, 3.8) is 0 Å². The van der Waals surface area contributed by atoms with Crippen molar-refractivity contribution in [2.45, 2.75) is 171 Å². The molecule has 0 aromatic heterocycles. The van der Waals surface area contributed by atoms with Crippen LogP contribution in [0.3, 0.4) is 0 Å². The van der Waals surface area contributed by atoms with E-state index in [1.165, 1.54) is 25.7 Å². The van der Waals surface area contributed by atoms with Crippen LogP contribution in [0.4, 0.5) is 0 Å². The van der Waals surface area contributed by atoms with E-state index in [1.807, 2.05) is 0 Å². The van der Waals surface area contributed by atoms with Gasteiger partial charge in [0.25, 0.3) is 0 Å². The molecule has 0 radical (unpaired) electrons. The third-order valence-electron chi connectivity index (χ3n) is 16.2. The molecule has 52 heavy (non-hydrogen) atoms. The zero-order valence-electron chi connectivity index (χ0n) is 31.2. The summed E-state index contributed by atoms with van der Waals surface area (Å²) in [6, 6.07) is 0. The van der Waals surface area contributed by atoms with Gasteiger partial charge in [-0.2, -0.15) is 0 Å². The maximum absolute atomic E-state index is 11.2. The molecule has 4 heterocycles. The molecule has 13 heteroatoms. The highest BCUT2D eigenvalue weighted by atomic mass is 16.7. The van der Waals surface area contributed by atoms with Crippen molar-refractivity contribution in [3.05, 3.63) is 0 Å². The number of ether oxygens (including phenoxy) is 6. The Morgan fingerprint density at radius 2 is 1.37 bits per heavy atom. The van der Waals surface area contributed by atoms with Crippen LogP contribution in [-0.2, 0) is 28.4 Å². The number of hydrogen-bond acceptors (Lipinski definition) is 13. The molecule has 298 valence electrons. The molecule has 0 aromatic carbocycles. The van der Waals surface area contributed by atoms with Gasteiger partial charge in [0, 0.05) is 12.3 Å². The molecule has 8 aliphatic rings. The Bertz CT molecular complexity index is 1260. The fraction of sp³-hybridized carbons (Fsp3) is 1.00. The smallest absolute Gasteiger partial charge is 0.187 e. The summed E-state index contributed by atoms with van der Waals surface area (Å²) >= 11 is 0. The molecule has 0 bridgehead atoms. The van der Waals surface area contributed by atoms with Gasteiger partial charge in [0.2, 0.25) is 0 Å². The minimum atomic E-state index is -1.71. The van der Waals surface area contributed by atoms with Gasteiger partial charge in [-0.15, -0.1) is 0 Å². The monoisotopic (exact) mass is 740 g/mol. The molecule has 0 amide bonds. The summed E-state index contributed by atoms with van der Waals surface area (Å²) in [4.78, 5) is 0. The molecule has 22 atom stereocenters. The molecule has 2 unspecified atom stereocenters. The molecule has 13 nitrogen and oxygen atoms in total. The van der Waals surface area contributed by atoms with Crippen LogP contribution in [0.5, 0.6) is 0 Å². The number of aliphatic hydroxyl groups excluding tert-OH is 7. The van der Waals surface area contributed by atoms with Crippen molar-refractivity contribution < 1.29 is 64.2 Å². The number of hydrogen-bond donors (Lipinski definition) is 7. The van der Waals surface area contributed by atoms with Crippen molar-refractivity contribution in [2.75, 3.05) is 19.8 Å². The molecule has 8 rings (SSSR count). The van der Waals surface area contributed by atoms with Gasteiger partial charge < -0.3 is 64.2 Å². The summed E-state index contributed by atoms with van der Waals surface area (Å²) in [6.07, 6.45) is -3.66. The summed E-state index contributed by atoms with van der Waals surface area (Å²) in [5, 5.41) is 72.8. The fourth-order valence-corrected chi connectivity index (χ4v) is 13.2. The quantitative estimate of drug-likeness (QED) is 0.194. The van der Waals surface area contributed by atoms with Crippen molar-refractivity contribution >= 4 is 0 Å². The molecular weight excluding hydrogens is 676 g/mol. The van der Waals surface area contributed by atoms with Crippen molar-refractivity contribution in [1.29, 1.82) is 0 Å². The highest BCUT2D eigenvalue weighted by molar-refractivity contribution is 5.15. The normalized spacial score (nSPS) is 59.0. The molecule has 4 aliphatic carbocycles. The average Bonchev–Trinajstić information content (AvgIpc) is 3.58. The van der Waals surface area contributed by atoms with Crippen molar-refractivity contribution in [1.82, 2.24) is 0 Å². The zero-order valence-corrected chi connectivity index (χ0v) is 31.2. The summed E-state index contributed by atoms with van der Waals surface area (Å²) < 4.78 is 37.0. The summed E-state index contributed by atoms with van der Waals surface area (Å²) in [6.45, 7) is 9.33. The molecule has 4 saturated carbocycles. The van der Waals surface area contributed by atoms with Gasteiger partial charge in [-0.05, 0) is 104 Å². The molecule has 7 N–H and O–H groups in total. The Morgan fingerprint density at radius 3 is 2.08 bits per heavy atom. The minimum Gasteiger partial charge on any atom is -0.394 e. The Balaban J connectivity index is 0.892. The van der Waals surface area contributed by atoms with Crippen LogP contribution in [-0.4, -0.2) is 135 Å². The second-order valence-electron chi connectivity index (χ2n) is 18.7. The molecule has 0 aromatic rings. The minimum absolute atomic E-state index is 0.188. The lowest BCUT2D eigenvalue weighted by molar-refractivity contribution is -0.364. The van der Waals surface area contributed by atoms with E-state index >= 15 is 0 Å². The third kappa shape index (κ3) is 5.98. The number of aliphatic hydroxyl groups is 7. The van der Waals surface area contributed by atoms with Crippen LogP contribution in [0.25, 0.3) is 0 Å². The largest absolute Gasteiger partial charge is 0.394 e. The van der Waals surface area contributed by atoms with E-state index < -0.39 is 80.4 Å². The lowest BCUT2D eigenvalue weighted by atomic mass is 9.44. The molecular formula is C39H64O13.